The second-order valence-corrected chi connectivity index (χ2v) is 10.5. The van der Waals surface area contributed by atoms with Gasteiger partial charge in [0, 0.05) is 49.2 Å². The smallest absolute Gasteiger partial charge is 0.410 e. The van der Waals surface area contributed by atoms with Crippen LogP contribution in [0, 0.1) is 12.8 Å². The van der Waals surface area contributed by atoms with Crippen LogP contribution in [0.5, 0.6) is 0 Å². The topological polar surface area (TPSA) is 85.7 Å². The minimum absolute atomic E-state index is 0.00811. The van der Waals surface area contributed by atoms with Gasteiger partial charge >= 0.3 is 6.09 Å². The summed E-state index contributed by atoms with van der Waals surface area (Å²) in [6, 6.07) is 3.74. The maximum atomic E-state index is 12.8. The van der Waals surface area contributed by atoms with Crippen LogP contribution in [0.25, 0.3) is 10.9 Å². The summed E-state index contributed by atoms with van der Waals surface area (Å²) in [6.45, 7) is 12.1. The van der Waals surface area contributed by atoms with Crippen molar-refractivity contribution < 1.29 is 19.1 Å². The predicted octanol–water partition coefficient (Wildman–Crippen LogP) is 3.90. The molecule has 2 aromatic rings. The number of carbonyl (C=O) groups is 2. The lowest BCUT2D eigenvalue weighted by Gasteiger charge is -2.39. The highest BCUT2D eigenvalue weighted by Crippen LogP contribution is 2.25. The third-order valence-electron chi connectivity index (χ3n) is 6.33. The molecular weight excluding hydrogens is 420 g/mol. The molecule has 0 spiro atoms. The zero-order chi connectivity index (χ0) is 23.8. The molecule has 0 bridgehead atoms. The Morgan fingerprint density at radius 1 is 1.24 bits per heavy atom. The maximum absolute atomic E-state index is 12.8. The molecule has 1 aromatic heterocycles. The van der Waals surface area contributed by atoms with Crippen LogP contribution >= 0.6 is 0 Å². The van der Waals surface area contributed by atoms with Gasteiger partial charge in [-0.05, 0) is 71.6 Å². The van der Waals surface area contributed by atoms with Gasteiger partial charge in [0.15, 0.2) is 0 Å². The van der Waals surface area contributed by atoms with E-state index in [4.69, 9.17) is 9.47 Å². The number of carbonyl (C=O) groups excluding carboxylic acids is 2. The highest BCUT2D eigenvalue weighted by Gasteiger charge is 2.34. The molecule has 1 aromatic carbocycles. The second-order valence-electron chi connectivity index (χ2n) is 10.5. The lowest BCUT2D eigenvalue weighted by atomic mass is 9.96. The molecule has 1 saturated heterocycles. The molecular formula is C25H36N4O4. The zero-order valence-electron chi connectivity index (χ0n) is 20.4. The molecule has 0 radical (unpaired) electrons. The molecule has 2 fully saturated rings. The second kappa shape index (κ2) is 9.33. The van der Waals surface area contributed by atoms with Crippen LogP contribution in [-0.4, -0.2) is 64.1 Å². The molecule has 33 heavy (non-hydrogen) atoms. The number of fused-ring (bicyclic) bond motifs is 1. The molecule has 1 aliphatic heterocycles. The van der Waals surface area contributed by atoms with Gasteiger partial charge in [-0.25, -0.2) is 4.79 Å². The van der Waals surface area contributed by atoms with Gasteiger partial charge in [-0.1, -0.05) is 0 Å². The van der Waals surface area contributed by atoms with E-state index in [0.717, 1.165) is 35.9 Å². The summed E-state index contributed by atoms with van der Waals surface area (Å²) in [4.78, 5) is 26.6. The largest absolute Gasteiger partial charge is 0.444 e. The van der Waals surface area contributed by atoms with E-state index in [9.17, 15) is 9.59 Å². The molecule has 1 atom stereocenters. The van der Waals surface area contributed by atoms with E-state index in [0.29, 0.717) is 37.2 Å². The summed E-state index contributed by atoms with van der Waals surface area (Å²) >= 11 is 0. The zero-order valence-corrected chi connectivity index (χ0v) is 20.4. The molecule has 2 amide bonds. The van der Waals surface area contributed by atoms with Crippen molar-refractivity contribution in [2.45, 2.75) is 78.2 Å². The van der Waals surface area contributed by atoms with Crippen LogP contribution in [0.2, 0.25) is 0 Å². The Hall–Kier alpha value is -2.61. The molecule has 180 valence electrons. The van der Waals surface area contributed by atoms with Crippen molar-refractivity contribution in [3.05, 3.63) is 29.5 Å². The summed E-state index contributed by atoms with van der Waals surface area (Å²) in [5.41, 5.74) is 1.98. The number of hydrogen-bond acceptors (Lipinski definition) is 5. The summed E-state index contributed by atoms with van der Waals surface area (Å²) in [6.07, 6.45) is 5.58. The highest BCUT2D eigenvalue weighted by atomic mass is 16.6. The van der Waals surface area contributed by atoms with Crippen molar-refractivity contribution in [2.24, 2.45) is 5.92 Å². The minimum atomic E-state index is -0.481. The first-order chi connectivity index (χ1) is 15.6. The molecule has 1 aliphatic carbocycles. The number of nitrogens with one attached hydrogen (secondary N) is 1. The van der Waals surface area contributed by atoms with Gasteiger partial charge in [0.1, 0.15) is 5.60 Å². The molecule has 2 heterocycles. The van der Waals surface area contributed by atoms with Gasteiger partial charge in [0.25, 0.3) is 5.91 Å². The van der Waals surface area contributed by atoms with E-state index in [1.54, 1.807) is 4.90 Å². The first-order valence-corrected chi connectivity index (χ1v) is 12.0. The molecule has 4 rings (SSSR count). The van der Waals surface area contributed by atoms with E-state index in [-0.39, 0.29) is 18.1 Å². The summed E-state index contributed by atoms with van der Waals surface area (Å²) in [5, 5.41) is 8.66. The molecule has 1 N–H and O–H groups in total. The van der Waals surface area contributed by atoms with Crippen LogP contribution in [0.3, 0.4) is 0 Å². The predicted molar refractivity (Wildman–Crippen MR) is 126 cm³/mol. The maximum Gasteiger partial charge on any atom is 0.410 e. The number of rotatable bonds is 7. The van der Waals surface area contributed by atoms with Crippen LogP contribution < -0.4 is 5.32 Å². The average Bonchev–Trinajstić information content (AvgIpc) is 3.08. The van der Waals surface area contributed by atoms with Crippen LogP contribution in [0.4, 0.5) is 4.79 Å². The van der Waals surface area contributed by atoms with Crippen molar-refractivity contribution in [3.8, 4) is 0 Å². The Labute approximate surface area is 195 Å². The number of aryl methyl sites for hydroxylation is 1. The minimum Gasteiger partial charge on any atom is -0.444 e. The van der Waals surface area contributed by atoms with Gasteiger partial charge in [-0.3, -0.25) is 9.48 Å². The number of benzene rings is 1. The molecule has 1 saturated carbocycles. The van der Waals surface area contributed by atoms with E-state index in [1.807, 2.05) is 57.6 Å². The molecule has 8 heteroatoms. The Bertz CT molecular complexity index is 1020. The third-order valence-corrected chi connectivity index (χ3v) is 6.33. The Morgan fingerprint density at radius 3 is 2.61 bits per heavy atom. The van der Waals surface area contributed by atoms with Gasteiger partial charge < -0.3 is 19.7 Å². The number of nitrogens with zero attached hydrogens (tertiary/aromatic N) is 3. The van der Waals surface area contributed by atoms with E-state index in [2.05, 4.69) is 10.4 Å². The number of amides is 2. The SMILES string of the molecule is Cc1c(C(=O)NCC(C)OC2CCC2)ccc2nn(CC3CN(C(=O)OC(C)(C)C)C3)cc12. The fourth-order valence-electron chi connectivity index (χ4n) is 4.26. The monoisotopic (exact) mass is 456 g/mol. The van der Waals surface area contributed by atoms with E-state index < -0.39 is 5.60 Å². The third kappa shape index (κ3) is 5.66. The lowest BCUT2D eigenvalue weighted by Crippen LogP contribution is -2.52. The average molecular weight is 457 g/mol. The molecule has 8 nitrogen and oxygen atoms in total. The van der Waals surface area contributed by atoms with Crippen molar-refractivity contribution in [3.63, 3.8) is 0 Å². The fraction of sp³-hybridized carbons (Fsp3) is 0.640. The first kappa shape index (κ1) is 23.5. The van der Waals surface area contributed by atoms with Crippen molar-refractivity contribution in [1.82, 2.24) is 20.0 Å². The summed E-state index contributed by atoms with van der Waals surface area (Å²) < 4.78 is 13.3. The first-order valence-electron chi connectivity index (χ1n) is 12.0. The van der Waals surface area contributed by atoms with Crippen molar-refractivity contribution >= 4 is 22.9 Å². The number of aromatic nitrogens is 2. The van der Waals surface area contributed by atoms with Gasteiger partial charge in [-0.2, -0.15) is 5.10 Å². The Morgan fingerprint density at radius 2 is 1.97 bits per heavy atom. The van der Waals surface area contributed by atoms with Crippen LogP contribution in [0.15, 0.2) is 18.3 Å². The summed E-state index contributed by atoms with van der Waals surface area (Å²) in [7, 11) is 0. The number of ether oxygens (including phenoxy) is 2. The summed E-state index contributed by atoms with van der Waals surface area (Å²) in [5.74, 6) is 0.255. The van der Waals surface area contributed by atoms with E-state index >= 15 is 0 Å². The van der Waals surface area contributed by atoms with Crippen molar-refractivity contribution in [1.29, 1.82) is 0 Å². The van der Waals surface area contributed by atoms with Gasteiger partial charge in [-0.15, -0.1) is 0 Å². The van der Waals surface area contributed by atoms with Crippen molar-refractivity contribution in [2.75, 3.05) is 19.6 Å². The van der Waals surface area contributed by atoms with E-state index in [1.165, 1.54) is 6.42 Å². The quantitative estimate of drug-likeness (QED) is 0.683. The Balaban J connectivity index is 1.32. The van der Waals surface area contributed by atoms with Gasteiger partial charge in [0.2, 0.25) is 0 Å². The normalized spacial score (nSPS) is 18.0. The standard InChI is InChI=1S/C25H36N4O4/c1-16(32-19-7-6-8-19)11-26-23(30)20-9-10-22-21(17(20)2)15-29(27-22)14-18-12-28(13-18)24(31)33-25(3,4)5/h9-10,15-16,18-19H,6-8,11-14H2,1-5H3,(H,26,30). The number of likely N-dealkylation sites (tertiary alicyclic amines) is 1. The van der Waals surface area contributed by atoms with Gasteiger partial charge in [0.05, 0.1) is 17.7 Å². The highest BCUT2D eigenvalue weighted by molar-refractivity contribution is 6.00. The number of hydrogen-bond donors (Lipinski definition) is 1. The van der Waals surface area contributed by atoms with Crippen LogP contribution in [-0.2, 0) is 16.0 Å². The fourth-order valence-corrected chi connectivity index (χ4v) is 4.26. The molecule has 2 aliphatic rings. The Kier molecular flexibility index (Phi) is 6.66. The lowest BCUT2D eigenvalue weighted by molar-refractivity contribution is -0.0412. The molecule has 1 unspecified atom stereocenters. The van der Waals surface area contributed by atoms with Crippen LogP contribution in [0.1, 0.15) is 62.9 Å².